The zero-order chi connectivity index (χ0) is 13.2. The Morgan fingerprint density at radius 3 is 2.89 bits per heavy atom. The van der Waals surface area contributed by atoms with Crippen LogP contribution in [-0.4, -0.2) is 24.7 Å². The zero-order valence-corrected chi connectivity index (χ0v) is 11.4. The second-order valence-corrected chi connectivity index (χ2v) is 6.51. The van der Waals surface area contributed by atoms with Gasteiger partial charge in [-0.3, -0.25) is 4.68 Å². The highest BCUT2D eigenvalue weighted by molar-refractivity contribution is 7.89. The van der Waals surface area contributed by atoms with Crippen LogP contribution < -0.4 is 10.5 Å². The van der Waals surface area contributed by atoms with Gasteiger partial charge in [-0.25, -0.2) is 13.1 Å². The van der Waals surface area contributed by atoms with Crippen molar-refractivity contribution in [3.63, 3.8) is 0 Å². The van der Waals surface area contributed by atoms with E-state index in [-0.39, 0.29) is 10.7 Å². The SMILES string of the molecule is CCCn1cc(S(=O)(=O)NCCC2CC2)c(N)n1. The van der Waals surface area contributed by atoms with Crippen LogP contribution in [0.15, 0.2) is 11.1 Å². The van der Waals surface area contributed by atoms with Crippen molar-refractivity contribution >= 4 is 15.8 Å². The van der Waals surface area contributed by atoms with Crippen LogP contribution in [-0.2, 0) is 16.6 Å². The number of nitrogens with two attached hydrogens (primary N) is 1. The highest BCUT2D eigenvalue weighted by atomic mass is 32.2. The first kappa shape index (κ1) is 13.4. The lowest BCUT2D eigenvalue weighted by molar-refractivity contribution is 0.573. The molecule has 18 heavy (non-hydrogen) atoms. The van der Waals surface area contributed by atoms with Gasteiger partial charge in [0.25, 0.3) is 0 Å². The summed E-state index contributed by atoms with van der Waals surface area (Å²) in [6, 6.07) is 0. The largest absolute Gasteiger partial charge is 0.381 e. The molecule has 1 aliphatic carbocycles. The summed E-state index contributed by atoms with van der Waals surface area (Å²) in [7, 11) is -3.51. The standard InChI is InChI=1S/C11H20N4O2S/c1-2-7-15-8-10(11(12)14-15)18(16,17)13-6-5-9-3-4-9/h8-9,13H,2-7H2,1H3,(H2,12,14). The van der Waals surface area contributed by atoms with Crippen molar-refractivity contribution in [1.29, 1.82) is 0 Å². The number of hydrogen-bond acceptors (Lipinski definition) is 4. The van der Waals surface area contributed by atoms with E-state index in [2.05, 4.69) is 9.82 Å². The van der Waals surface area contributed by atoms with Gasteiger partial charge in [0.2, 0.25) is 10.0 Å². The zero-order valence-electron chi connectivity index (χ0n) is 10.6. The summed E-state index contributed by atoms with van der Waals surface area (Å²) in [5, 5.41) is 4.00. The molecule has 2 rings (SSSR count). The minimum Gasteiger partial charge on any atom is -0.381 e. The van der Waals surface area contributed by atoms with E-state index in [4.69, 9.17) is 5.73 Å². The third kappa shape index (κ3) is 3.23. The van der Waals surface area contributed by atoms with E-state index in [1.165, 1.54) is 19.0 Å². The van der Waals surface area contributed by atoms with Crippen molar-refractivity contribution in [2.75, 3.05) is 12.3 Å². The lowest BCUT2D eigenvalue weighted by atomic mass is 10.3. The van der Waals surface area contributed by atoms with Gasteiger partial charge >= 0.3 is 0 Å². The lowest BCUT2D eigenvalue weighted by Gasteiger charge is -2.04. The fourth-order valence-electron chi connectivity index (χ4n) is 1.85. The Kier molecular flexibility index (Phi) is 3.91. The van der Waals surface area contributed by atoms with Crippen LogP contribution in [0.25, 0.3) is 0 Å². The van der Waals surface area contributed by atoms with Crippen molar-refractivity contribution < 1.29 is 8.42 Å². The van der Waals surface area contributed by atoms with E-state index >= 15 is 0 Å². The molecule has 0 radical (unpaired) electrons. The maximum absolute atomic E-state index is 12.0. The first-order valence-electron chi connectivity index (χ1n) is 6.35. The van der Waals surface area contributed by atoms with Gasteiger partial charge in [-0.1, -0.05) is 19.8 Å². The van der Waals surface area contributed by atoms with Crippen molar-refractivity contribution in [3.8, 4) is 0 Å². The molecule has 0 amide bonds. The van der Waals surface area contributed by atoms with Gasteiger partial charge in [0.05, 0.1) is 0 Å². The van der Waals surface area contributed by atoms with E-state index in [0.717, 1.165) is 12.8 Å². The molecule has 0 aliphatic heterocycles. The molecule has 0 aromatic carbocycles. The van der Waals surface area contributed by atoms with Crippen molar-refractivity contribution in [1.82, 2.24) is 14.5 Å². The molecule has 1 saturated carbocycles. The Hall–Kier alpha value is -1.08. The molecule has 102 valence electrons. The number of nitrogens with one attached hydrogen (secondary N) is 1. The summed E-state index contributed by atoms with van der Waals surface area (Å²) in [4.78, 5) is 0.0896. The Balaban J connectivity index is 2.02. The lowest BCUT2D eigenvalue weighted by Crippen LogP contribution is -2.25. The van der Waals surface area contributed by atoms with Gasteiger partial charge in [0.1, 0.15) is 4.90 Å². The molecule has 3 N–H and O–H groups in total. The molecule has 1 heterocycles. The molecule has 0 saturated heterocycles. The molecule has 1 aromatic rings. The number of nitrogen functional groups attached to an aromatic ring is 1. The first-order chi connectivity index (χ1) is 8.53. The molecule has 7 heteroatoms. The Morgan fingerprint density at radius 1 is 1.56 bits per heavy atom. The maximum atomic E-state index is 12.0. The number of rotatable bonds is 7. The van der Waals surface area contributed by atoms with E-state index in [0.29, 0.717) is 19.0 Å². The molecule has 1 fully saturated rings. The summed E-state index contributed by atoms with van der Waals surface area (Å²) in [5.41, 5.74) is 5.65. The van der Waals surface area contributed by atoms with Gasteiger partial charge < -0.3 is 5.73 Å². The molecular formula is C11H20N4O2S. The normalized spacial score (nSPS) is 16.1. The summed E-state index contributed by atoms with van der Waals surface area (Å²) in [5.74, 6) is 0.773. The molecule has 6 nitrogen and oxygen atoms in total. The molecule has 1 aromatic heterocycles. The van der Waals surface area contributed by atoms with E-state index in [1.54, 1.807) is 4.68 Å². The molecular weight excluding hydrogens is 252 g/mol. The summed E-state index contributed by atoms with van der Waals surface area (Å²) in [6.07, 6.45) is 5.73. The summed E-state index contributed by atoms with van der Waals surface area (Å²) >= 11 is 0. The Labute approximate surface area is 108 Å². The van der Waals surface area contributed by atoms with E-state index in [1.807, 2.05) is 6.92 Å². The first-order valence-corrected chi connectivity index (χ1v) is 7.84. The van der Waals surface area contributed by atoms with Crippen LogP contribution in [0.2, 0.25) is 0 Å². The predicted molar refractivity (Wildman–Crippen MR) is 69.5 cm³/mol. The van der Waals surface area contributed by atoms with E-state index in [9.17, 15) is 8.42 Å². The van der Waals surface area contributed by atoms with Crippen LogP contribution in [0.3, 0.4) is 0 Å². The third-order valence-corrected chi connectivity index (χ3v) is 4.52. The van der Waals surface area contributed by atoms with Crippen LogP contribution in [0.4, 0.5) is 5.82 Å². The number of hydrogen-bond donors (Lipinski definition) is 2. The van der Waals surface area contributed by atoms with Gasteiger partial charge in [-0.2, -0.15) is 5.10 Å². The average molecular weight is 272 g/mol. The second-order valence-electron chi connectivity index (χ2n) is 4.77. The van der Waals surface area contributed by atoms with Crippen LogP contribution in [0.1, 0.15) is 32.6 Å². The quantitative estimate of drug-likeness (QED) is 0.773. The highest BCUT2D eigenvalue weighted by Gasteiger charge is 2.24. The molecule has 0 unspecified atom stereocenters. The fraction of sp³-hybridized carbons (Fsp3) is 0.727. The van der Waals surface area contributed by atoms with Gasteiger partial charge in [-0.05, 0) is 18.8 Å². The minimum absolute atomic E-state index is 0.0716. The topological polar surface area (TPSA) is 90.0 Å². The Morgan fingerprint density at radius 2 is 2.28 bits per heavy atom. The van der Waals surface area contributed by atoms with Gasteiger partial charge in [0.15, 0.2) is 5.82 Å². The average Bonchev–Trinajstić information content (AvgIpc) is 3.02. The smallest absolute Gasteiger partial charge is 0.245 e. The predicted octanol–water partition coefficient (Wildman–Crippen LogP) is 0.954. The van der Waals surface area contributed by atoms with E-state index < -0.39 is 10.0 Å². The van der Waals surface area contributed by atoms with Gasteiger partial charge in [-0.15, -0.1) is 0 Å². The fourth-order valence-corrected chi connectivity index (χ4v) is 2.97. The van der Waals surface area contributed by atoms with Crippen LogP contribution in [0, 0.1) is 5.92 Å². The minimum atomic E-state index is -3.51. The Bertz CT molecular complexity index is 505. The monoisotopic (exact) mass is 272 g/mol. The molecule has 0 atom stereocenters. The van der Waals surface area contributed by atoms with Crippen molar-refractivity contribution in [2.45, 2.75) is 44.0 Å². The van der Waals surface area contributed by atoms with Crippen LogP contribution in [0.5, 0.6) is 0 Å². The van der Waals surface area contributed by atoms with Crippen molar-refractivity contribution in [3.05, 3.63) is 6.20 Å². The molecule has 0 spiro atoms. The third-order valence-electron chi connectivity index (χ3n) is 3.04. The number of aryl methyl sites for hydroxylation is 1. The molecule has 0 bridgehead atoms. The number of anilines is 1. The van der Waals surface area contributed by atoms with Crippen LogP contribution >= 0.6 is 0 Å². The van der Waals surface area contributed by atoms with Gasteiger partial charge in [0, 0.05) is 19.3 Å². The number of sulfonamides is 1. The molecule has 1 aliphatic rings. The maximum Gasteiger partial charge on any atom is 0.245 e. The number of nitrogens with zero attached hydrogens (tertiary/aromatic N) is 2. The summed E-state index contributed by atoms with van der Waals surface area (Å²) < 4.78 is 28.2. The summed E-state index contributed by atoms with van der Waals surface area (Å²) in [6.45, 7) is 3.15. The van der Waals surface area contributed by atoms with Crippen molar-refractivity contribution in [2.24, 2.45) is 5.92 Å². The highest BCUT2D eigenvalue weighted by Crippen LogP contribution is 2.31. The number of aromatic nitrogens is 2. The second kappa shape index (κ2) is 5.27.